The third kappa shape index (κ3) is 2.70. The molecule has 100 valence electrons. The highest BCUT2D eigenvalue weighted by Crippen LogP contribution is 2.31. The van der Waals surface area contributed by atoms with Crippen LogP contribution in [0.5, 0.6) is 0 Å². The molecule has 5 nitrogen and oxygen atoms in total. The minimum absolute atomic E-state index is 0.0152. The van der Waals surface area contributed by atoms with E-state index < -0.39 is 0 Å². The average molecular weight is 269 g/mol. The number of aromatic nitrogens is 2. The van der Waals surface area contributed by atoms with Crippen molar-refractivity contribution in [1.29, 1.82) is 0 Å². The number of hydrogen-bond donors (Lipinski definition) is 1. The zero-order chi connectivity index (χ0) is 12.4. The molecule has 1 aliphatic heterocycles. The highest BCUT2D eigenvalue weighted by molar-refractivity contribution is 7.99. The fraction of sp³-hybridized carbons (Fsp3) is 0.833. The third-order valence-corrected chi connectivity index (χ3v) is 4.68. The second kappa shape index (κ2) is 5.19. The molecule has 0 spiro atoms. The first-order valence-electron chi connectivity index (χ1n) is 6.56. The lowest BCUT2D eigenvalue weighted by Crippen LogP contribution is -2.38. The fourth-order valence-electron chi connectivity index (χ4n) is 2.66. The number of rotatable bonds is 3. The highest BCUT2D eigenvalue weighted by atomic mass is 32.2. The predicted molar refractivity (Wildman–Crippen MR) is 69.4 cm³/mol. The molecular weight excluding hydrogens is 250 g/mol. The molecule has 0 radical (unpaired) electrons. The van der Waals surface area contributed by atoms with E-state index in [1.165, 1.54) is 12.8 Å². The molecule has 0 amide bonds. The smallest absolute Gasteiger partial charge is 0.228 e. The number of ether oxygens (including phenoxy) is 1. The maximum Gasteiger partial charge on any atom is 0.228 e. The normalized spacial score (nSPS) is 27.5. The van der Waals surface area contributed by atoms with Gasteiger partial charge < -0.3 is 15.0 Å². The summed E-state index contributed by atoms with van der Waals surface area (Å²) >= 11 is 1.87. The number of thioether (sulfide) groups is 1. The second-order valence-corrected chi connectivity index (χ2v) is 6.38. The molecule has 1 aromatic heterocycles. The van der Waals surface area contributed by atoms with Crippen LogP contribution in [-0.2, 0) is 11.2 Å². The van der Waals surface area contributed by atoms with Crippen molar-refractivity contribution in [2.24, 2.45) is 5.73 Å². The Morgan fingerprint density at radius 1 is 1.39 bits per heavy atom. The van der Waals surface area contributed by atoms with Crippen LogP contribution in [0.4, 0.5) is 0 Å². The van der Waals surface area contributed by atoms with E-state index in [1.807, 2.05) is 11.8 Å². The van der Waals surface area contributed by atoms with Gasteiger partial charge in [-0.2, -0.15) is 16.7 Å². The Morgan fingerprint density at radius 3 is 2.94 bits per heavy atom. The van der Waals surface area contributed by atoms with Crippen molar-refractivity contribution in [2.75, 3.05) is 18.1 Å². The lowest BCUT2D eigenvalue weighted by Gasteiger charge is -2.20. The van der Waals surface area contributed by atoms with E-state index in [2.05, 4.69) is 10.1 Å². The van der Waals surface area contributed by atoms with Crippen LogP contribution in [-0.4, -0.2) is 33.8 Å². The molecule has 0 bridgehead atoms. The van der Waals surface area contributed by atoms with E-state index in [0.717, 1.165) is 31.0 Å². The first kappa shape index (κ1) is 12.4. The number of nitrogens with two attached hydrogens (primary N) is 1. The standard InChI is InChI=1S/C12H19N3O2S/c13-12(3-1-2-4-12)7-10-14-11(15-17-10)9-8-18-6-5-16-9/h9H,1-8,13H2. The number of nitrogens with zero attached hydrogens (tertiary/aromatic N) is 2. The molecule has 2 fully saturated rings. The summed E-state index contributed by atoms with van der Waals surface area (Å²) in [7, 11) is 0. The Kier molecular flexibility index (Phi) is 3.59. The van der Waals surface area contributed by atoms with Gasteiger partial charge in [-0.25, -0.2) is 0 Å². The summed E-state index contributed by atoms with van der Waals surface area (Å²) in [5.74, 6) is 3.30. The van der Waals surface area contributed by atoms with E-state index in [9.17, 15) is 0 Å². The monoisotopic (exact) mass is 269 g/mol. The predicted octanol–water partition coefficient (Wildman–Crippen LogP) is 1.69. The molecule has 3 rings (SSSR count). The van der Waals surface area contributed by atoms with Crippen molar-refractivity contribution in [3.63, 3.8) is 0 Å². The minimum atomic E-state index is -0.133. The van der Waals surface area contributed by atoms with Crippen LogP contribution >= 0.6 is 11.8 Å². The van der Waals surface area contributed by atoms with Crippen molar-refractivity contribution in [1.82, 2.24) is 10.1 Å². The SMILES string of the molecule is NC1(Cc2nc(C3CSCCO3)no2)CCCC1. The van der Waals surface area contributed by atoms with Crippen molar-refractivity contribution >= 4 is 11.8 Å². The Bertz CT molecular complexity index is 398. The maximum atomic E-state index is 6.32. The molecule has 1 atom stereocenters. The largest absolute Gasteiger partial charge is 0.368 e. The van der Waals surface area contributed by atoms with Crippen molar-refractivity contribution in [2.45, 2.75) is 43.7 Å². The van der Waals surface area contributed by atoms with E-state index >= 15 is 0 Å². The van der Waals surface area contributed by atoms with Gasteiger partial charge >= 0.3 is 0 Å². The second-order valence-electron chi connectivity index (χ2n) is 5.23. The lowest BCUT2D eigenvalue weighted by atomic mass is 9.95. The minimum Gasteiger partial charge on any atom is -0.368 e. The molecule has 1 aromatic rings. The van der Waals surface area contributed by atoms with Gasteiger partial charge in [0.1, 0.15) is 6.10 Å². The lowest BCUT2D eigenvalue weighted by molar-refractivity contribution is 0.0677. The first-order valence-corrected chi connectivity index (χ1v) is 7.71. The Balaban J connectivity index is 1.65. The molecule has 18 heavy (non-hydrogen) atoms. The van der Waals surface area contributed by atoms with Crippen LogP contribution in [0.2, 0.25) is 0 Å². The average Bonchev–Trinajstić information content (AvgIpc) is 3.00. The van der Waals surface area contributed by atoms with Crippen LogP contribution in [0.15, 0.2) is 4.52 Å². The van der Waals surface area contributed by atoms with Crippen LogP contribution < -0.4 is 5.73 Å². The fourth-order valence-corrected chi connectivity index (χ4v) is 3.50. The number of hydrogen-bond acceptors (Lipinski definition) is 6. The van der Waals surface area contributed by atoms with E-state index in [-0.39, 0.29) is 11.6 Å². The summed E-state index contributed by atoms with van der Waals surface area (Å²) in [5, 5.41) is 4.03. The summed E-state index contributed by atoms with van der Waals surface area (Å²) in [4.78, 5) is 4.45. The summed E-state index contributed by atoms with van der Waals surface area (Å²) in [6, 6.07) is 0. The van der Waals surface area contributed by atoms with Crippen LogP contribution in [0.3, 0.4) is 0 Å². The Labute approximate surface area is 111 Å². The van der Waals surface area contributed by atoms with E-state index in [4.69, 9.17) is 15.0 Å². The molecule has 2 N–H and O–H groups in total. The molecule has 1 unspecified atom stereocenters. The summed E-state index contributed by atoms with van der Waals surface area (Å²) in [5.41, 5.74) is 6.18. The van der Waals surface area contributed by atoms with Gasteiger partial charge in [-0.1, -0.05) is 18.0 Å². The van der Waals surface area contributed by atoms with Gasteiger partial charge in [0.25, 0.3) is 0 Å². The van der Waals surface area contributed by atoms with Crippen molar-refractivity contribution < 1.29 is 9.26 Å². The van der Waals surface area contributed by atoms with Gasteiger partial charge in [0.2, 0.25) is 11.7 Å². The van der Waals surface area contributed by atoms with Gasteiger partial charge in [-0.3, -0.25) is 0 Å². The maximum absolute atomic E-state index is 6.32. The van der Waals surface area contributed by atoms with Crippen LogP contribution in [0.1, 0.15) is 43.5 Å². The summed E-state index contributed by atoms with van der Waals surface area (Å²) in [6.07, 6.45) is 5.21. The molecule has 1 saturated heterocycles. The molecule has 0 aromatic carbocycles. The highest BCUT2D eigenvalue weighted by Gasteiger charge is 2.32. The quantitative estimate of drug-likeness (QED) is 0.900. The van der Waals surface area contributed by atoms with Crippen molar-refractivity contribution in [3.8, 4) is 0 Å². The van der Waals surface area contributed by atoms with Crippen molar-refractivity contribution in [3.05, 3.63) is 11.7 Å². The van der Waals surface area contributed by atoms with Gasteiger partial charge in [-0.15, -0.1) is 0 Å². The summed E-state index contributed by atoms with van der Waals surface area (Å²) in [6.45, 7) is 0.764. The topological polar surface area (TPSA) is 74.2 Å². The molecular formula is C12H19N3O2S. The van der Waals surface area contributed by atoms with Gasteiger partial charge in [0, 0.05) is 23.5 Å². The zero-order valence-corrected chi connectivity index (χ0v) is 11.2. The summed E-state index contributed by atoms with van der Waals surface area (Å²) < 4.78 is 10.9. The van der Waals surface area contributed by atoms with Gasteiger partial charge in [-0.05, 0) is 12.8 Å². The van der Waals surface area contributed by atoms with E-state index in [1.54, 1.807) is 0 Å². The molecule has 2 aliphatic rings. The third-order valence-electron chi connectivity index (χ3n) is 3.69. The van der Waals surface area contributed by atoms with E-state index in [0.29, 0.717) is 18.1 Å². The first-order chi connectivity index (χ1) is 8.75. The molecule has 1 aliphatic carbocycles. The Hall–Kier alpha value is -0.590. The van der Waals surface area contributed by atoms with Crippen LogP contribution in [0.25, 0.3) is 0 Å². The molecule has 1 saturated carbocycles. The van der Waals surface area contributed by atoms with Gasteiger partial charge in [0.05, 0.1) is 6.61 Å². The van der Waals surface area contributed by atoms with Crippen LogP contribution in [0, 0.1) is 0 Å². The Morgan fingerprint density at radius 2 is 2.22 bits per heavy atom. The van der Waals surface area contributed by atoms with Gasteiger partial charge in [0.15, 0.2) is 0 Å². The molecule has 2 heterocycles. The zero-order valence-electron chi connectivity index (χ0n) is 10.4. The molecule has 6 heteroatoms.